The van der Waals surface area contributed by atoms with Gasteiger partial charge < -0.3 is 9.64 Å². The lowest BCUT2D eigenvalue weighted by molar-refractivity contribution is 0.0303. The van der Waals surface area contributed by atoms with Crippen LogP contribution in [0.1, 0.15) is 15.9 Å². The van der Waals surface area contributed by atoms with Gasteiger partial charge in [-0.25, -0.2) is 4.98 Å². The molecule has 2 aromatic carbocycles. The van der Waals surface area contributed by atoms with E-state index in [2.05, 4.69) is 30.1 Å². The number of hydrogen-bond acceptors (Lipinski definition) is 3. The van der Waals surface area contributed by atoms with Crippen molar-refractivity contribution in [1.29, 1.82) is 0 Å². The smallest absolute Gasteiger partial charge is 0.254 e. The van der Waals surface area contributed by atoms with Crippen LogP contribution < -0.4 is 0 Å². The number of imidazole rings is 1. The van der Waals surface area contributed by atoms with Gasteiger partial charge in [-0.05, 0) is 42.8 Å². The number of aromatic nitrogens is 2. The van der Waals surface area contributed by atoms with Crippen LogP contribution in [0.25, 0.3) is 16.7 Å². The minimum atomic E-state index is 0.0559. The summed E-state index contributed by atoms with van der Waals surface area (Å²) < 4.78 is 7.34. The molecule has 0 aliphatic carbocycles. The molecule has 2 heterocycles. The van der Waals surface area contributed by atoms with Crippen molar-refractivity contribution in [3.63, 3.8) is 0 Å². The number of carbonyl (C=O) groups is 1. The van der Waals surface area contributed by atoms with Crippen molar-refractivity contribution in [1.82, 2.24) is 14.5 Å². The van der Waals surface area contributed by atoms with Crippen LogP contribution in [0.2, 0.25) is 0 Å². The quantitative estimate of drug-likeness (QED) is 0.729. The highest BCUT2D eigenvalue weighted by Crippen LogP contribution is 2.20. The maximum atomic E-state index is 12.7. The van der Waals surface area contributed by atoms with Crippen LogP contribution in [-0.2, 0) is 4.74 Å². The summed E-state index contributed by atoms with van der Waals surface area (Å²) in [7, 11) is 0. The first-order valence-electron chi connectivity index (χ1n) is 8.13. The number of morpholine rings is 1. The minimum Gasteiger partial charge on any atom is -0.378 e. The lowest BCUT2D eigenvalue weighted by atomic mass is 10.1. The maximum absolute atomic E-state index is 12.7. The first kappa shape index (κ1) is 14.9. The third kappa shape index (κ3) is 2.67. The fourth-order valence-corrected chi connectivity index (χ4v) is 3.07. The van der Waals surface area contributed by atoms with Crippen LogP contribution in [0, 0.1) is 6.92 Å². The van der Waals surface area contributed by atoms with Gasteiger partial charge in [0.25, 0.3) is 5.91 Å². The molecule has 1 aromatic heterocycles. The van der Waals surface area contributed by atoms with Crippen LogP contribution in [0.15, 0.2) is 48.8 Å². The van der Waals surface area contributed by atoms with E-state index in [4.69, 9.17) is 4.74 Å². The Balaban J connectivity index is 1.70. The number of aryl methyl sites for hydroxylation is 1. The van der Waals surface area contributed by atoms with Gasteiger partial charge >= 0.3 is 0 Å². The van der Waals surface area contributed by atoms with Crippen molar-refractivity contribution in [3.8, 4) is 5.69 Å². The van der Waals surface area contributed by atoms with Gasteiger partial charge in [-0.3, -0.25) is 9.36 Å². The Hall–Kier alpha value is -2.66. The molecule has 0 radical (unpaired) electrons. The highest BCUT2D eigenvalue weighted by atomic mass is 16.5. The van der Waals surface area contributed by atoms with Crippen molar-refractivity contribution in [2.45, 2.75) is 6.92 Å². The molecule has 1 aliphatic heterocycles. The summed E-state index contributed by atoms with van der Waals surface area (Å²) in [4.78, 5) is 19.0. The van der Waals surface area contributed by atoms with E-state index in [0.29, 0.717) is 31.9 Å². The maximum Gasteiger partial charge on any atom is 0.254 e. The van der Waals surface area contributed by atoms with Crippen molar-refractivity contribution in [2.75, 3.05) is 26.3 Å². The van der Waals surface area contributed by atoms with Gasteiger partial charge in [0.1, 0.15) is 6.33 Å². The zero-order chi connectivity index (χ0) is 16.5. The second kappa shape index (κ2) is 6.09. The van der Waals surface area contributed by atoms with Gasteiger partial charge in [-0.2, -0.15) is 0 Å². The van der Waals surface area contributed by atoms with Gasteiger partial charge in [0.2, 0.25) is 0 Å². The summed E-state index contributed by atoms with van der Waals surface area (Å²) in [6.07, 6.45) is 1.81. The van der Waals surface area contributed by atoms with E-state index >= 15 is 0 Å². The van der Waals surface area contributed by atoms with E-state index in [0.717, 1.165) is 16.7 Å². The molecule has 1 aliphatic rings. The van der Waals surface area contributed by atoms with Crippen molar-refractivity contribution >= 4 is 16.9 Å². The molecule has 0 spiro atoms. The SMILES string of the molecule is Cc1ccc2c(c1)ncn2-c1cccc(C(=O)N2CCOCC2)c1. The van der Waals surface area contributed by atoms with E-state index in [9.17, 15) is 4.79 Å². The zero-order valence-electron chi connectivity index (χ0n) is 13.6. The molecule has 1 amide bonds. The highest BCUT2D eigenvalue weighted by molar-refractivity contribution is 5.95. The zero-order valence-corrected chi connectivity index (χ0v) is 13.6. The fourth-order valence-electron chi connectivity index (χ4n) is 3.07. The third-order valence-electron chi connectivity index (χ3n) is 4.37. The third-order valence-corrected chi connectivity index (χ3v) is 4.37. The number of carbonyl (C=O) groups excluding carboxylic acids is 1. The second-order valence-electron chi connectivity index (χ2n) is 6.06. The topological polar surface area (TPSA) is 47.4 Å². The van der Waals surface area contributed by atoms with E-state index in [1.54, 1.807) is 0 Å². The molecule has 1 fully saturated rings. The standard InChI is InChI=1S/C19H19N3O2/c1-14-5-6-18-17(11-14)20-13-22(18)16-4-2-3-15(12-16)19(23)21-7-9-24-10-8-21/h2-6,11-13H,7-10H2,1H3. The van der Waals surface area contributed by atoms with E-state index in [1.807, 2.05) is 40.1 Å². The van der Waals surface area contributed by atoms with Gasteiger partial charge in [-0.15, -0.1) is 0 Å². The molecular weight excluding hydrogens is 302 g/mol. The Kier molecular flexibility index (Phi) is 3.78. The average Bonchev–Trinajstić information content (AvgIpc) is 3.05. The van der Waals surface area contributed by atoms with Crippen LogP contribution in [0.3, 0.4) is 0 Å². The summed E-state index contributed by atoms with van der Waals surface area (Å²) in [5.41, 5.74) is 4.82. The lowest BCUT2D eigenvalue weighted by Crippen LogP contribution is -2.40. The van der Waals surface area contributed by atoms with Gasteiger partial charge in [-0.1, -0.05) is 12.1 Å². The van der Waals surface area contributed by atoms with E-state index < -0.39 is 0 Å². The largest absolute Gasteiger partial charge is 0.378 e. The molecule has 0 saturated carbocycles. The molecule has 3 aromatic rings. The van der Waals surface area contributed by atoms with Crippen LogP contribution >= 0.6 is 0 Å². The summed E-state index contributed by atoms with van der Waals surface area (Å²) in [6.45, 7) is 4.57. The molecule has 0 atom stereocenters. The fraction of sp³-hybridized carbons (Fsp3) is 0.263. The molecule has 5 heteroatoms. The number of hydrogen-bond donors (Lipinski definition) is 0. The Labute approximate surface area is 140 Å². The number of benzene rings is 2. The van der Waals surface area contributed by atoms with Crippen LogP contribution in [0.5, 0.6) is 0 Å². The normalized spacial score (nSPS) is 15.0. The summed E-state index contributed by atoms with van der Waals surface area (Å²) in [6, 6.07) is 13.9. The Morgan fingerprint density at radius 1 is 1.12 bits per heavy atom. The number of amides is 1. The van der Waals surface area contributed by atoms with Gasteiger partial charge in [0, 0.05) is 24.3 Å². The predicted molar refractivity (Wildman–Crippen MR) is 92.5 cm³/mol. The molecule has 24 heavy (non-hydrogen) atoms. The van der Waals surface area contributed by atoms with Crippen molar-refractivity contribution in [2.24, 2.45) is 0 Å². The Bertz CT molecular complexity index is 895. The highest BCUT2D eigenvalue weighted by Gasteiger charge is 2.19. The first-order chi connectivity index (χ1) is 11.7. The van der Waals surface area contributed by atoms with E-state index in [-0.39, 0.29) is 5.91 Å². The van der Waals surface area contributed by atoms with E-state index in [1.165, 1.54) is 5.56 Å². The molecule has 0 bridgehead atoms. The second-order valence-corrected chi connectivity index (χ2v) is 6.06. The Morgan fingerprint density at radius 3 is 2.79 bits per heavy atom. The molecule has 0 unspecified atom stereocenters. The number of rotatable bonds is 2. The monoisotopic (exact) mass is 321 g/mol. The average molecular weight is 321 g/mol. The number of ether oxygens (including phenoxy) is 1. The molecule has 4 rings (SSSR count). The molecule has 5 nitrogen and oxygen atoms in total. The molecule has 1 saturated heterocycles. The van der Waals surface area contributed by atoms with Crippen LogP contribution in [0.4, 0.5) is 0 Å². The van der Waals surface area contributed by atoms with Gasteiger partial charge in [0.05, 0.1) is 24.2 Å². The van der Waals surface area contributed by atoms with Crippen molar-refractivity contribution < 1.29 is 9.53 Å². The summed E-state index contributed by atoms with van der Waals surface area (Å²) in [5, 5.41) is 0. The number of fused-ring (bicyclic) bond motifs is 1. The van der Waals surface area contributed by atoms with Crippen molar-refractivity contribution in [3.05, 3.63) is 59.9 Å². The summed E-state index contributed by atoms with van der Waals surface area (Å²) >= 11 is 0. The molecular formula is C19H19N3O2. The summed E-state index contributed by atoms with van der Waals surface area (Å²) in [5.74, 6) is 0.0559. The lowest BCUT2D eigenvalue weighted by Gasteiger charge is -2.27. The Morgan fingerprint density at radius 2 is 1.96 bits per heavy atom. The number of nitrogens with zero attached hydrogens (tertiary/aromatic N) is 3. The van der Waals surface area contributed by atoms with Gasteiger partial charge in [0.15, 0.2) is 0 Å². The predicted octanol–water partition coefficient (Wildman–Crippen LogP) is 2.81. The molecule has 122 valence electrons. The first-order valence-corrected chi connectivity index (χ1v) is 8.13. The van der Waals surface area contributed by atoms with Crippen LogP contribution in [-0.4, -0.2) is 46.7 Å². The minimum absolute atomic E-state index is 0.0559. The molecule has 0 N–H and O–H groups in total.